The molecule has 126 valence electrons. The highest BCUT2D eigenvalue weighted by atomic mass is 19.2. The van der Waals surface area contributed by atoms with Crippen LogP contribution in [0.2, 0.25) is 0 Å². The molecule has 0 spiro atoms. The minimum absolute atomic E-state index is 0.121. The molecule has 2 rings (SSSR count). The van der Waals surface area contributed by atoms with E-state index in [-0.39, 0.29) is 11.3 Å². The number of benzene rings is 2. The zero-order valence-corrected chi connectivity index (χ0v) is 12.6. The van der Waals surface area contributed by atoms with Crippen molar-refractivity contribution in [1.82, 2.24) is 0 Å². The molecule has 0 aliphatic rings. The molecule has 2 aromatic rings. The lowest BCUT2D eigenvalue weighted by atomic mass is 10.1. The molecule has 4 N–H and O–H groups in total. The largest absolute Gasteiger partial charge is 0.411 e. The van der Waals surface area contributed by atoms with Crippen molar-refractivity contribution < 1.29 is 22.7 Å². The van der Waals surface area contributed by atoms with E-state index < -0.39 is 35.1 Å². The summed E-state index contributed by atoms with van der Waals surface area (Å²) in [5, 5.41) is 10.00. The number of carbonyl (C=O) groups excluding carboxylic acids is 1. The van der Waals surface area contributed by atoms with E-state index in [1.165, 1.54) is 12.1 Å². The molecule has 0 aliphatic carbocycles. The van der Waals surface area contributed by atoms with Gasteiger partial charge in [0.05, 0.1) is 16.9 Å². The van der Waals surface area contributed by atoms with Crippen molar-refractivity contribution in [2.75, 3.05) is 5.32 Å². The first-order valence-corrected chi connectivity index (χ1v) is 6.93. The Hall–Kier alpha value is -3.03. The fourth-order valence-corrected chi connectivity index (χ4v) is 2.03. The van der Waals surface area contributed by atoms with Gasteiger partial charge in [-0.05, 0) is 36.2 Å². The predicted molar refractivity (Wildman–Crippen MR) is 82.9 cm³/mol. The Morgan fingerprint density at radius 2 is 1.92 bits per heavy atom. The van der Waals surface area contributed by atoms with E-state index in [4.69, 9.17) is 11.1 Å². The number of halogens is 3. The maximum absolute atomic E-state index is 14.1. The van der Waals surface area contributed by atoms with E-state index >= 15 is 0 Å². The van der Waals surface area contributed by atoms with Crippen molar-refractivity contribution in [3.8, 4) is 0 Å². The standard InChI is InChI=1S/C16H14F3N3O2/c1-2-8-3-6-12(11(18)7-8)22-14-9(15(20)24-16(21)23)4-5-10(17)13(14)19/h3-7,20,22H,2H2,1H3,(H2,21,23). The Morgan fingerprint density at radius 1 is 1.21 bits per heavy atom. The second kappa shape index (κ2) is 7.03. The Bertz CT molecular complexity index is 809. The summed E-state index contributed by atoms with van der Waals surface area (Å²) >= 11 is 0. The van der Waals surface area contributed by atoms with Gasteiger partial charge in [0.25, 0.3) is 0 Å². The van der Waals surface area contributed by atoms with E-state index in [0.29, 0.717) is 6.42 Å². The van der Waals surface area contributed by atoms with Crippen LogP contribution in [0.4, 0.5) is 29.3 Å². The second-order valence-corrected chi connectivity index (χ2v) is 4.83. The van der Waals surface area contributed by atoms with E-state index in [1.54, 1.807) is 6.07 Å². The molecular weight excluding hydrogens is 323 g/mol. The summed E-state index contributed by atoms with van der Waals surface area (Å²) in [6.07, 6.45) is -0.678. The van der Waals surface area contributed by atoms with Gasteiger partial charge in [-0.15, -0.1) is 0 Å². The molecule has 0 aromatic heterocycles. The molecule has 24 heavy (non-hydrogen) atoms. The summed E-state index contributed by atoms with van der Waals surface area (Å²) in [5.74, 6) is -4.02. The van der Waals surface area contributed by atoms with E-state index in [9.17, 15) is 18.0 Å². The monoisotopic (exact) mass is 337 g/mol. The molecule has 2 aromatic carbocycles. The molecule has 8 heteroatoms. The Balaban J connectivity index is 2.47. The number of hydrogen-bond donors (Lipinski definition) is 3. The molecule has 5 nitrogen and oxygen atoms in total. The van der Waals surface area contributed by atoms with Gasteiger partial charge in [-0.3, -0.25) is 5.41 Å². The average molecular weight is 337 g/mol. The SMILES string of the molecule is CCc1ccc(Nc2c(C(=N)OC(N)=O)ccc(F)c2F)c(F)c1. The highest BCUT2D eigenvalue weighted by Crippen LogP contribution is 2.28. The quantitative estimate of drug-likeness (QED) is 0.585. The van der Waals surface area contributed by atoms with E-state index in [1.807, 2.05) is 6.92 Å². The Labute approximate surface area is 135 Å². The van der Waals surface area contributed by atoms with Crippen molar-refractivity contribution >= 4 is 23.4 Å². The van der Waals surface area contributed by atoms with Crippen LogP contribution in [0.15, 0.2) is 30.3 Å². The molecule has 0 unspecified atom stereocenters. The summed E-state index contributed by atoms with van der Waals surface area (Å²) in [5.41, 5.74) is 4.59. The molecule has 0 heterocycles. The van der Waals surface area contributed by atoms with Gasteiger partial charge in [-0.25, -0.2) is 18.0 Å². The van der Waals surface area contributed by atoms with Crippen LogP contribution in [0.1, 0.15) is 18.1 Å². The first kappa shape index (κ1) is 17.3. The predicted octanol–water partition coefficient (Wildman–Crippen LogP) is 3.83. The Morgan fingerprint density at radius 3 is 2.50 bits per heavy atom. The van der Waals surface area contributed by atoms with Gasteiger partial charge in [0, 0.05) is 0 Å². The molecule has 0 fully saturated rings. The first-order chi connectivity index (χ1) is 11.3. The number of amides is 1. The zero-order chi connectivity index (χ0) is 17.9. The minimum atomic E-state index is -1.34. The minimum Gasteiger partial charge on any atom is -0.391 e. The molecule has 0 aliphatic heterocycles. The van der Waals surface area contributed by atoms with Crippen LogP contribution in [0, 0.1) is 22.9 Å². The summed E-state index contributed by atoms with van der Waals surface area (Å²) in [6, 6.07) is 6.01. The van der Waals surface area contributed by atoms with Crippen molar-refractivity contribution in [1.29, 1.82) is 5.41 Å². The number of carbonyl (C=O) groups is 1. The average Bonchev–Trinajstić information content (AvgIpc) is 2.52. The van der Waals surface area contributed by atoms with Crippen LogP contribution in [0.25, 0.3) is 0 Å². The van der Waals surface area contributed by atoms with Gasteiger partial charge in [0.1, 0.15) is 5.82 Å². The molecule has 0 radical (unpaired) electrons. The van der Waals surface area contributed by atoms with Crippen LogP contribution >= 0.6 is 0 Å². The molecule has 0 atom stereocenters. The lowest BCUT2D eigenvalue weighted by molar-refractivity contribution is 0.208. The molecule has 0 saturated carbocycles. The third kappa shape index (κ3) is 3.65. The van der Waals surface area contributed by atoms with Crippen molar-refractivity contribution in [2.24, 2.45) is 5.73 Å². The fourth-order valence-electron chi connectivity index (χ4n) is 2.03. The van der Waals surface area contributed by atoms with Gasteiger partial charge < -0.3 is 15.8 Å². The smallest absolute Gasteiger partial charge is 0.391 e. The molecular formula is C16H14F3N3O2. The summed E-state index contributed by atoms with van der Waals surface area (Å²) in [4.78, 5) is 10.7. The third-order valence-corrected chi connectivity index (χ3v) is 3.24. The van der Waals surface area contributed by atoms with Gasteiger partial charge in [0.2, 0.25) is 5.90 Å². The van der Waals surface area contributed by atoms with E-state index in [0.717, 1.165) is 17.7 Å². The van der Waals surface area contributed by atoms with Gasteiger partial charge in [-0.2, -0.15) is 0 Å². The molecule has 1 amide bonds. The number of nitrogens with one attached hydrogen (secondary N) is 2. The summed E-state index contributed by atoms with van der Waals surface area (Å²) < 4.78 is 46.0. The normalized spacial score (nSPS) is 10.3. The maximum Gasteiger partial charge on any atom is 0.411 e. The van der Waals surface area contributed by atoms with Crippen LogP contribution < -0.4 is 11.1 Å². The van der Waals surface area contributed by atoms with Crippen molar-refractivity contribution in [3.63, 3.8) is 0 Å². The second-order valence-electron chi connectivity index (χ2n) is 4.83. The van der Waals surface area contributed by atoms with Crippen LogP contribution in [0.3, 0.4) is 0 Å². The van der Waals surface area contributed by atoms with Gasteiger partial charge in [-0.1, -0.05) is 13.0 Å². The number of nitrogens with two attached hydrogens (primary N) is 1. The number of ether oxygens (including phenoxy) is 1. The number of rotatable bonds is 4. The van der Waals surface area contributed by atoms with Crippen molar-refractivity contribution in [3.05, 3.63) is 58.9 Å². The summed E-state index contributed by atoms with van der Waals surface area (Å²) in [7, 11) is 0. The van der Waals surface area contributed by atoms with Gasteiger partial charge >= 0.3 is 6.09 Å². The number of aryl methyl sites for hydroxylation is 1. The zero-order valence-electron chi connectivity index (χ0n) is 12.6. The van der Waals surface area contributed by atoms with Gasteiger partial charge in [0.15, 0.2) is 11.6 Å². The Kier molecular flexibility index (Phi) is 5.08. The van der Waals surface area contributed by atoms with Crippen molar-refractivity contribution in [2.45, 2.75) is 13.3 Å². The maximum atomic E-state index is 14.1. The highest BCUT2D eigenvalue weighted by molar-refractivity contribution is 6.02. The van der Waals surface area contributed by atoms with Crippen LogP contribution in [-0.4, -0.2) is 12.0 Å². The fraction of sp³-hybridized carbons (Fsp3) is 0.125. The van der Waals surface area contributed by atoms with Crippen LogP contribution in [-0.2, 0) is 11.2 Å². The third-order valence-electron chi connectivity index (χ3n) is 3.24. The molecule has 0 bridgehead atoms. The lowest BCUT2D eigenvalue weighted by Crippen LogP contribution is -2.20. The summed E-state index contributed by atoms with van der Waals surface area (Å²) in [6.45, 7) is 1.84. The number of hydrogen-bond acceptors (Lipinski definition) is 4. The van der Waals surface area contributed by atoms with Crippen LogP contribution in [0.5, 0.6) is 0 Å². The first-order valence-electron chi connectivity index (χ1n) is 6.93. The highest BCUT2D eigenvalue weighted by Gasteiger charge is 2.20. The number of primary amides is 1. The van der Waals surface area contributed by atoms with E-state index in [2.05, 4.69) is 10.1 Å². The lowest BCUT2D eigenvalue weighted by Gasteiger charge is -2.14. The number of anilines is 2. The molecule has 0 saturated heterocycles. The topological polar surface area (TPSA) is 88.2 Å².